The number of hydrogen-bond acceptors (Lipinski definition) is 2. The maximum atomic E-state index is 5.90. The van der Waals surface area contributed by atoms with Crippen LogP contribution in [0.15, 0.2) is 0 Å². The zero-order valence-electron chi connectivity index (χ0n) is 12.7. The van der Waals surface area contributed by atoms with Crippen LogP contribution in [0.4, 0.5) is 0 Å². The molecule has 2 N–H and O–H groups in total. The third kappa shape index (κ3) is 5.71. The topological polar surface area (TPSA) is 29.3 Å². The summed E-state index contributed by atoms with van der Waals surface area (Å²) in [6.45, 7) is 6.78. The van der Waals surface area contributed by atoms with E-state index in [1.165, 1.54) is 70.8 Å². The van der Waals surface area contributed by atoms with Gasteiger partial charge in [-0.3, -0.25) is 4.90 Å². The van der Waals surface area contributed by atoms with E-state index in [1.807, 2.05) is 0 Å². The molecule has 1 aliphatic heterocycles. The van der Waals surface area contributed by atoms with Gasteiger partial charge < -0.3 is 5.73 Å². The fourth-order valence-corrected chi connectivity index (χ4v) is 3.25. The Morgan fingerprint density at radius 3 is 2.33 bits per heavy atom. The highest BCUT2D eigenvalue weighted by atomic mass is 15.2. The fourth-order valence-electron chi connectivity index (χ4n) is 3.25. The molecule has 18 heavy (non-hydrogen) atoms. The smallest absolute Gasteiger partial charge is 0.0221 e. The van der Waals surface area contributed by atoms with Crippen molar-refractivity contribution >= 4 is 0 Å². The van der Waals surface area contributed by atoms with Crippen LogP contribution in [0.5, 0.6) is 0 Å². The molecular formula is C16H34N2. The summed E-state index contributed by atoms with van der Waals surface area (Å²) in [5.41, 5.74) is 5.90. The summed E-state index contributed by atoms with van der Waals surface area (Å²) in [6, 6.07) is 1.42. The van der Waals surface area contributed by atoms with Gasteiger partial charge in [0.2, 0.25) is 0 Å². The number of rotatable bonds is 9. The second-order valence-corrected chi connectivity index (χ2v) is 6.03. The lowest BCUT2D eigenvalue weighted by atomic mass is 9.96. The monoisotopic (exact) mass is 254 g/mol. The Hall–Kier alpha value is -0.0800. The molecular weight excluding hydrogens is 220 g/mol. The molecule has 0 amide bonds. The minimum absolute atomic E-state index is 0.661. The van der Waals surface area contributed by atoms with E-state index in [1.54, 1.807) is 0 Å². The van der Waals surface area contributed by atoms with E-state index < -0.39 is 0 Å². The van der Waals surface area contributed by atoms with Crippen LogP contribution in [0.25, 0.3) is 0 Å². The highest BCUT2D eigenvalue weighted by molar-refractivity contribution is 4.82. The molecule has 0 aliphatic carbocycles. The van der Waals surface area contributed by atoms with Crippen LogP contribution >= 0.6 is 0 Å². The molecule has 2 nitrogen and oxygen atoms in total. The van der Waals surface area contributed by atoms with E-state index in [9.17, 15) is 0 Å². The molecule has 0 aromatic rings. The summed E-state index contributed by atoms with van der Waals surface area (Å²) < 4.78 is 0. The molecule has 2 heteroatoms. The van der Waals surface area contributed by atoms with Crippen LogP contribution in [0, 0.1) is 0 Å². The fraction of sp³-hybridized carbons (Fsp3) is 1.00. The van der Waals surface area contributed by atoms with E-state index >= 15 is 0 Å². The second-order valence-electron chi connectivity index (χ2n) is 6.03. The van der Waals surface area contributed by atoms with Crippen LogP contribution in [-0.4, -0.2) is 30.1 Å². The maximum Gasteiger partial charge on any atom is 0.0221 e. The lowest BCUT2D eigenvalue weighted by molar-refractivity contribution is 0.0951. The van der Waals surface area contributed by atoms with Crippen LogP contribution in [0.1, 0.15) is 78.1 Å². The van der Waals surface area contributed by atoms with E-state index in [2.05, 4.69) is 18.7 Å². The van der Waals surface area contributed by atoms with Crippen LogP contribution in [0.2, 0.25) is 0 Å². The molecule has 0 aromatic heterocycles. The number of unbranched alkanes of at least 4 members (excludes halogenated alkanes) is 6. The average Bonchev–Trinajstić information content (AvgIpc) is 2.39. The summed E-state index contributed by atoms with van der Waals surface area (Å²) in [7, 11) is 0. The van der Waals surface area contributed by atoms with Crippen LogP contribution in [-0.2, 0) is 0 Å². The first kappa shape index (κ1) is 16.0. The Labute approximate surface area is 114 Å². The van der Waals surface area contributed by atoms with Crippen molar-refractivity contribution in [3.05, 3.63) is 0 Å². The molecule has 0 radical (unpaired) electrons. The zero-order valence-corrected chi connectivity index (χ0v) is 12.7. The molecule has 1 saturated heterocycles. The van der Waals surface area contributed by atoms with Gasteiger partial charge in [0, 0.05) is 18.6 Å². The summed E-state index contributed by atoms with van der Waals surface area (Å²) in [4.78, 5) is 2.68. The van der Waals surface area contributed by atoms with Gasteiger partial charge in [-0.25, -0.2) is 0 Å². The standard InChI is InChI=1S/C16H34N2/c1-3-4-5-6-7-8-9-13-18-15(2)11-10-12-16(18)14-17/h15-16H,3-14,17H2,1-2H3. The van der Waals surface area contributed by atoms with E-state index in [0.29, 0.717) is 6.04 Å². The van der Waals surface area contributed by atoms with Crippen molar-refractivity contribution in [3.8, 4) is 0 Å². The van der Waals surface area contributed by atoms with Crippen molar-refractivity contribution in [2.24, 2.45) is 5.73 Å². The van der Waals surface area contributed by atoms with Crippen LogP contribution < -0.4 is 5.73 Å². The van der Waals surface area contributed by atoms with Gasteiger partial charge in [0.1, 0.15) is 0 Å². The number of hydrogen-bond donors (Lipinski definition) is 1. The van der Waals surface area contributed by atoms with Crippen molar-refractivity contribution < 1.29 is 0 Å². The van der Waals surface area contributed by atoms with Crippen molar-refractivity contribution in [2.75, 3.05) is 13.1 Å². The summed E-state index contributed by atoms with van der Waals surface area (Å²) in [6.07, 6.45) is 13.9. The van der Waals surface area contributed by atoms with Gasteiger partial charge in [-0.15, -0.1) is 0 Å². The molecule has 1 fully saturated rings. The molecule has 2 atom stereocenters. The SMILES string of the molecule is CCCCCCCCCN1C(C)CCCC1CN. The Bertz CT molecular complexity index is 194. The van der Waals surface area contributed by atoms with E-state index in [4.69, 9.17) is 5.73 Å². The first-order valence-corrected chi connectivity index (χ1v) is 8.25. The largest absolute Gasteiger partial charge is 0.329 e. The quantitative estimate of drug-likeness (QED) is 0.632. The Morgan fingerprint density at radius 2 is 1.67 bits per heavy atom. The summed E-state index contributed by atoms with van der Waals surface area (Å²) in [5.74, 6) is 0. The van der Waals surface area contributed by atoms with E-state index in [-0.39, 0.29) is 0 Å². The normalized spacial score (nSPS) is 25.5. The van der Waals surface area contributed by atoms with Crippen molar-refractivity contribution in [2.45, 2.75) is 90.1 Å². The Kier molecular flexibility index (Phi) is 8.70. The van der Waals surface area contributed by atoms with Gasteiger partial charge in [-0.05, 0) is 32.7 Å². The molecule has 0 spiro atoms. The molecule has 108 valence electrons. The third-order valence-corrected chi connectivity index (χ3v) is 4.49. The lowest BCUT2D eigenvalue weighted by Crippen LogP contribution is -2.49. The molecule has 1 rings (SSSR count). The molecule has 0 bridgehead atoms. The molecule has 1 heterocycles. The molecule has 0 saturated carbocycles. The van der Waals surface area contributed by atoms with Crippen molar-refractivity contribution in [1.29, 1.82) is 0 Å². The zero-order chi connectivity index (χ0) is 13.2. The van der Waals surface area contributed by atoms with E-state index in [0.717, 1.165) is 12.6 Å². The van der Waals surface area contributed by atoms with Gasteiger partial charge in [-0.2, -0.15) is 0 Å². The number of nitrogens with zero attached hydrogens (tertiary/aromatic N) is 1. The van der Waals surface area contributed by atoms with Gasteiger partial charge >= 0.3 is 0 Å². The minimum Gasteiger partial charge on any atom is -0.329 e. The van der Waals surface area contributed by atoms with Crippen molar-refractivity contribution in [1.82, 2.24) is 4.90 Å². The molecule has 2 unspecified atom stereocenters. The maximum absolute atomic E-state index is 5.90. The number of nitrogens with two attached hydrogens (primary N) is 1. The summed E-state index contributed by atoms with van der Waals surface area (Å²) >= 11 is 0. The first-order valence-electron chi connectivity index (χ1n) is 8.25. The summed E-state index contributed by atoms with van der Waals surface area (Å²) in [5, 5.41) is 0. The van der Waals surface area contributed by atoms with Gasteiger partial charge in [-0.1, -0.05) is 51.9 Å². The Morgan fingerprint density at radius 1 is 1.00 bits per heavy atom. The number of piperidine rings is 1. The first-order chi connectivity index (χ1) is 8.79. The second kappa shape index (κ2) is 9.80. The predicted molar refractivity (Wildman–Crippen MR) is 80.9 cm³/mol. The van der Waals surface area contributed by atoms with Gasteiger partial charge in [0.25, 0.3) is 0 Å². The van der Waals surface area contributed by atoms with Crippen molar-refractivity contribution in [3.63, 3.8) is 0 Å². The average molecular weight is 254 g/mol. The van der Waals surface area contributed by atoms with Gasteiger partial charge in [0.05, 0.1) is 0 Å². The predicted octanol–water partition coefficient (Wildman–Crippen LogP) is 3.94. The highest BCUT2D eigenvalue weighted by Crippen LogP contribution is 2.22. The molecule has 0 aromatic carbocycles. The lowest BCUT2D eigenvalue weighted by Gasteiger charge is -2.40. The Balaban J connectivity index is 2.08. The van der Waals surface area contributed by atoms with Gasteiger partial charge in [0.15, 0.2) is 0 Å². The third-order valence-electron chi connectivity index (χ3n) is 4.49. The minimum atomic E-state index is 0.661. The van der Waals surface area contributed by atoms with Crippen LogP contribution in [0.3, 0.4) is 0 Å². The highest BCUT2D eigenvalue weighted by Gasteiger charge is 2.25. The number of likely N-dealkylation sites (tertiary alicyclic amines) is 1. The molecule has 1 aliphatic rings.